The second-order valence-electron chi connectivity index (χ2n) is 4.92. The lowest BCUT2D eigenvalue weighted by Crippen LogP contribution is -2.44. The minimum Gasteiger partial charge on any atom is -0.340 e. The predicted molar refractivity (Wildman–Crippen MR) is 74.3 cm³/mol. The molecule has 124 valence electrons. The molecule has 0 radical (unpaired) electrons. The van der Waals surface area contributed by atoms with E-state index in [1.807, 2.05) is 5.32 Å². The van der Waals surface area contributed by atoms with Gasteiger partial charge in [-0.3, -0.25) is 0 Å². The average molecular weight is 328 g/mol. The van der Waals surface area contributed by atoms with Gasteiger partial charge in [-0.05, 0) is 5.56 Å². The summed E-state index contributed by atoms with van der Waals surface area (Å²) in [6.45, 7) is 1.51. The maximum Gasteiger partial charge on any atom is 0.412 e. The lowest BCUT2D eigenvalue weighted by Gasteiger charge is -2.25. The first-order valence-corrected chi connectivity index (χ1v) is 6.70. The van der Waals surface area contributed by atoms with Crippen LogP contribution in [0.4, 0.5) is 18.0 Å². The van der Waals surface area contributed by atoms with Crippen molar-refractivity contribution >= 4 is 6.03 Å². The third-order valence-corrected chi connectivity index (χ3v) is 3.02. The summed E-state index contributed by atoms with van der Waals surface area (Å²) in [7, 11) is 1.35. The third-order valence-electron chi connectivity index (χ3n) is 3.02. The van der Waals surface area contributed by atoms with Crippen molar-refractivity contribution in [2.75, 3.05) is 7.05 Å². The first kappa shape index (κ1) is 16.8. The fraction of sp³-hybridized carbons (Fsp3) is 0.357. The molecule has 1 unspecified atom stereocenters. The van der Waals surface area contributed by atoms with Crippen LogP contribution < -0.4 is 5.32 Å². The number of nitrogens with zero attached hydrogens (tertiary/aromatic N) is 3. The zero-order valence-electron chi connectivity index (χ0n) is 12.5. The highest BCUT2D eigenvalue weighted by atomic mass is 19.4. The number of benzene rings is 1. The summed E-state index contributed by atoms with van der Waals surface area (Å²) in [5, 5.41) is 5.57. The van der Waals surface area contributed by atoms with E-state index in [1.54, 1.807) is 13.0 Å². The summed E-state index contributed by atoms with van der Waals surface area (Å²) in [5.41, 5.74) is -0.0443. The SMILES string of the molecule is Cc1nc(CN(C)C(=O)NC(c2ccccc2)C(F)(F)F)no1. The van der Waals surface area contributed by atoms with Crippen LogP contribution in [0.15, 0.2) is 34.9 Å². The first-order chi connectivity index (χ1) is 10.8. The lowest BCUT2D eigenvalue weighted by molar-refractivity contribution is -0.155. The van der Waals surface area contributed by atoms with Gasteiger partial charge in [0.05, 0.1) is 6.54 Å². The van der Waals surface area contributed by atoms with Crippen molar-refractivity contribution in [3.63, 3.8) is 0 Å². The highest BCUT2D eigenvalue weighted by Crippen LogP contribution is 2.32. The quantitative estimate of drug-likeness (QED) is 0.937. The molecule has 2 amide bonds. The van der Waals surface area contributed by atoms with Crippen LogP contribution in [0.1, 0.15) is 23.3 Å². The molecule has 1 N–H and O–H groups in total. The van der Waals surface area contributed by atoms with Gasteiger partial charge >= 0.3 is 12.2 Å². The van der Waals surface area contributed by atoms with E-state index >= 15 is 0 Å². The Morgan fingerprint density at radius 1 is 1.35 bits per heavy atom. The van der Waals surface area contributed by atoms with Crippen LogP contribution in [0.2, 0.25) is 0 Å². The van der Waals surface area contributed by atoms with Crippen molar-refractivity contribution in [2.24, 2.45) is 0 Å². The van der Waals surface area contributed by atoms with E-state index in [1.165, 1.54) is 31.3 Å². The minimum atomic E-state index is -4.61. The fourth-order valence-corrected chi connectivity index (χ4v) is 1.92. The maximum atomic E-state index is 13.2. The smallest absolute Gasteiger partial charge is 0.340 e. The Morgan fingerprint density at radius 3 is 2.52 bits per heavy atom. The second-order valence-corrected chi connectivity index (χ2v) is 4.92. The molecule has 1 aromatic heterocycles. The Balaban J connectivity index is 2.08. The molecule has 0 saturated carbocycles. The third kappa shape index (κ3) is 4.44. The van der Waals surface area contributed by atoms with Gasteiger partial charge in [0.15, 0.2) is 11.9 Å². The van der Waals surface area contributed by atoms with Crippen LogP contribution in [0, 0.1) is 6.92 Å². The molecule has 0 bridgehead atoms. The summed E-state index contributed by atoms with van der Waals surface area (Å²) in [6, 6.07) is 4.19. The van der Waals surface area contributed by atoms with Gasteiger partial charge in [-0.15, -0.1) is 0 Å². The van der Waals surface area contributed by atoms with Gasteiger partial charge in [0, 0.05) is 14.0 Å². The molecule has 0 aliphatic rings. The van der Waals surface area contributed by atoms with Gasteiger partial charge in [0.25, 0.3) is 0 Å². The number of carbonyl (C=O) groups excluding carboxylic acids is 1. The molecule has 0 aliphatic carbocycles. The maximum absolute atomic E-state index is 13.2. The molecule has 1 aromatic carbocycles. The number of aryl methyl sites for hydroxylation is 1. The number of hydrogen-bond acceptors (Lipinski definition) is 4. The number of carbonyl (C=O) groups is 1. The highest BCUT2D eigenvalue weighted by molar-refractivity contribution is 5.74. The molecule has 1 atom stereocenters. The molecule has 0 aliphatic heterocycles. The van der Waals surface area contributed by atoms with Crippen LogP contribution in [-0.2, 0) is 6.54 Å². The number of urea groups is 1. The molecule has 2 aromatic rings. The topological polar surface area (TPSA) is 71.3 Å². The van der Waals surface area contributed by atoms with E-state index in [9.17, 15) is 18.0 Å². The van der Waals surface area contributed by atoms with Crippen LogP contribution in [0.25, 0.3) is 0 Å². The minimum absolute atomic E-state index is 0.0443. The molecular formula is C14H15F3N4O2. The summed E-state index contributed by atoms with van der Waals surface area (Å²) in [4.78, 5) is 17.0. The zero-order chi connectivity index (χ0) is 17.0. The van der Waals surface area contributed by atoms with Crippen LogP contribution >= 0.6 is 0 Å². The normalized spacial score (nSPS) is 12.7. The van der Waals surface area contributed by atoms with Gasteiger partial charge in [-0.2, -0.15) is 18.2 Å². The largest absolute Gasteiger partial charge is 0.412 e. The number of hydrogen-bond donors (Lipinski definition) is 1. The van der Waals surface area contributed by atoms with Crippen LogP contribution in [0.5, 0.6) is 0 Å². The number of rotatable bonds is 4. The van der Waals surface area contributed by atoms with Gasteiger partial charge in [-0.25, -0.2) is 4.79 Å². The van der Waals surface area contributed by atoms with Crippen molar-refractivity contribution in [3.8, 4) is 0 Å². The van der Waals surface area contributed by atoms with Crippen molar-refractivity contribution in [1.82, 2.24) is 20.4 Å². The molecule has 2 rings (SSSR count). The number of aromatic nitrogens is 2. The van der Waals surface area contributed by atoms with Crippen molar-refractivity contribution in [3.05, 3.63) is 47.6 Å². The zero-order valence-corrected chi connectivity index (χ0v) is 12.5. The molecular weight excluding hydrogens is 313 g/mol. The van der Waals surface area contributed by atoms with Gasteiger partial charge < -0.3 is 14.7 Å². The average Bonchev–Trinajstić information content (AvgIpc) is 2.89. The standard InChI is InChI=1S/C14H15F3N4O2/c1-9-18-11(20-23-9)8-21(2)13(22)19-12(14(15,16)17)10-6-4-3-5-7-10/h3-7,12H,8H2,1-2H3,(H,19,22). The van der Waals surface area contributed by atoms with E-state index in [-0.39, 0.29) is 17.9 Å². The number of alkyl halides is 3. The van der Waals surface area contributed by atoms with E-state index < -0.39 is 18.2 Å². The van der Waals surface area contributed by atoms with E-state index in [0.29, 0.717) is 5.89 Å². The predicted octanol–water partition coefficient (Wildman–Crippen LogP) is 2.82. The summed E-state index contributed by atoms with van der Waals surface area (Å²) < 4.78 is 44.3. The Kier molecular flexibility index (Phi) is 4.87. The summed E-state index contributed by atoms with van der Waals surface area (Å²) >= 11 is 0. The number of amides is 2. The van der Waals surface area contributed by atoms with Crippen molar-refractivity contribution < 1.29 is 22.5 Å². The summed E-state index contributed by atoms with van der Waals surface area (Å²) in [6.07, 6.45) is -4.61. The Bertz CT molecular complexity index is 658. The van der Waals surface area contributed by atoms with Crippen molar-refractivity contribution in [2.45, 2.75) is 25.7 Å². The van der Waals surface area contributed by atoms with Gasteiger partial charge in [-0.1, -0.05) is 35.5 Å². The molecule has 9 heteroatoms. The Labute approximate surface area is 130 Å². The Morgan fingerprint density at radius 2 is 2.00 bits per heavy atom. The number of nitrogens with one attached hydrogen (secondary N) is 1. The molecule has 1 heterocycles. The Hall–Kier alpha value is -2.58. The van der Waals surface area contributed by atoms with E-state index in [2.05, 4.69) is 10.1 Å². The lowest BCUT2D eigenvalue weighted by atomic mass is 10.1. The summed E-state index contributed by atoms with van der Waals surface area (Å²) in [5.74, 6) is 0.523. The fourth-order valence-electron chi connectivity index (χ4n) is 1.92. The molecule has 23 heavy (non-hydrogen) atoms. The van der Waals surface area contributed by atoms with Crippen LogP contribution in [0.3, 0.4) is 0 Å². The second kappa shape index (κ2) is 6.67. The van der Waals surface area contributed by atoms with E-state index in [0.717, 1.165) is 4.90 Å². The van der Waals surface area contributed by atoms with E-state index in [4.69, 9.17) is 4.52 Å². The van der Waals surface area contributed by atoms with Crippen LogP contribution in [-0.4, -0.2) is 34.3 Å². The monoisotopic (exact) mass is 328 g/mol. The van der Waals surface area contributed by atoms with Gasteiger partial charge in [0.1, 0.15) is 0 Å². The molecule has 6 nitrogen and oxygen atoms in total. The highest BCUT2D eigenvalue weighted by Gasteiger charge is 2.42. The molecule has 0 fully saturated rings. The molecule has 0 saturated heterocycles. The van der Waals surface area contributed by atoms with Gasteiger partial charge in [0.2, 0.25) is 5.89 Å². The number of halogens is 3. The molecule has 0 spiro atoms. The van der Waals surface area contributed by atoms with Crippen molar-refractivity contribution in [1.29, 1.82) is 0 Å². The first-order valence-electron chi connectivity index (χ1n) is 6.70.